The number of hydrogen-bond acceptors (Lipinski definition) is 5. The van der Waals surface area contributed by atoms with Crippen molar-refractivity contribution in [3.05, 3.63) is 36.5 Å². The molecule has 0 N–H and O–H groups in total. The number of pyridine rings is 1. The van der Waals surface area contributed by atoms with E-state index >= 15 is 0 Å². The normalized spacial score (nSPS) is 23.5. The van der Waals surface area contributed by atoms with Crippen molar-refractivity contribution in [2.45, 2.75) is 31.3 Å². The first-order chi connectivity index (χ1) is 11.6. The fourth-order valence-corrected chi connectivity index (χ4v) is 3.61. The first-order valence-electron chi connectivity index (χ1n) is 8.01. The van der Waals surface area contributed by atoms with Gasteiger partial charge in [-0.05, 0) is 25.0 Å². The molecule has 0 aliphatic carbocycles. The Kier molecular flexibility index (Phi) is 3.51. The lowest BCUT2D eigenvalue weighted by atomic mass is 10.1. The van der Waals surface area contributed by atoms with Crippen LogP contribution in [0.2, 0.25) is 0 Å². The van der Waals surface area contributed by atoms with Gasteiger partial charge in [-0.2, -0.15) is 0 Å². The van der Waals surface area contributed by atoms with Gasteiger partial charge in [0.25, 0.3) is 5.91 Å². The molecule has 2 aliphatic rings. The molecule has 2 aromatic rings. The molecule has 2 atom stereocenters. The lowest BCUT2D eigenvalue weighted by molar-refractivity contribution is -0.130. The predicted molar refractivity (Wildman–Crippen MR) is 84.4 cm³/mol. The van der Waals surface area contributed by atoms with Gasteiger partial charge < -0.3 is 9.80 Å². The Morgan fingerprint density at radius 1 is 1.21 bits per heavy atom. The summed E-state index contributed by atoms with van der Waals surface area (Å²) in [5.74, 6) is 0.670. The average Bonchev–Trinajstić information content (AvgIpc) is 3.22. The van der Waals surface area contributed by atoms with E-state index in [0.29, 0.717) is 24.3 Å². The van der Waals surface area contributed by atoms with Crippen LogP contribution in [-0.4, -0.2) is 67.0 Å². The van der Waals surface area contributed by atoms with Crippen molar-refractivity contribution in [1.82, 2.24) is 29.5 Å². The fraction of sp³-hybridized carbons (Fsp3) is 0.438. The molecule has 2 bridgehead atoms. The molecular formula is C16H18N6O2. The van der Waals surface area contributed by atoms with Gasteiger partial charge in [-0.3, -0.25) is 14.2 Å². The molecule has 4 heterocycles. The third-order valence-corrected chi connectivity index (χ3v) is 4.85. The average molecular weight is 326 g/mol. The highest BCUT2D eigenvalue weighted by Crippen LogP contribution is 2.31. The Balaban J connectivity index is 1.64. The maximum Gasteiger partial charge on any atom is 0.254 e. The first-order valence-corrected chi connectivity index (χ1v) is 8.01. The minimum absolute atomic E-state index is 0.00789. The molecule has 4 rings (SSSR count). The van der Waals surface area contributed by atoms with Crippen molar-refractivity contribution in [1.29, 1.82) is 0 Å². The van der Waals surface area contributed by atoms with E-state index in [-0.39, 0.29) is 23.9 Å². The Morgan fingerprint density at radius 3 is 2.75 bits per heavy atom. The number of likely N-dealkylation sites (tertiary alicyclic amines) is 1. The van der Waals surface area contributed by atoms with Gasteiger partial charge in [0, 0.05) is 43.9 Å². The Labute approximate surface area is 139 Å². The lowest BCUT2D eigenvalue weighted by Crippen LogP contribution is -2.42. The van der Waals surface area contributed by atoms with Crippen LogP contribution in [0.4, 0.5) is 0 Å². The molecule has 8 nitrogen and oxygen atoms in total. The molecule has 2 aliphatic heterocycles. The first kappa shape index (κ1) is 14.8. The minimum atomic E-state index is -0.0395. The Morgan fingerprint density at radius 2 is 1.96 bits per heavy atom. The van der Waals surface area contributed by atoms with Gasteiger partial charge in [-0.15, -0.1) is 10.2 Å². The fourth-order valence-electron chi connectivity index (χ4n) is 3.61. The molecular weight excluding hydrogens is 308 g/mol. The Bertz CT molecular complexity index is 775. The summed E-state index contributed by atoms with van der Waals surface area (Å²) in [6, 6.07) is 3.53. The van der Waals surface area contributed by atoms with Crippen LogP contribution in [0.3, 0.4) is 0 Å². The van der Waals surface area contributed by atoms with Crippen LogP contribution in [0.1, 0.15) is 29.6 Å². The van der Waals surface area contributed by atoms with E-state index in [4.69, 9.17) is 0 Å². The van der Waals surface area contributed by atoms with Gasteiger partial charge in [0.15, 0.2) is 0 Å². The summed E-state index contributed by atoms with van der Waals surface area (Å²) in [6.45, 7) is 0.602. The molecule has 24 heavy (non-hydrogen) atoms. The van der Waals surface area contributed by atoms with E-state index in [2.05, 4.69) is 15.2 Å². The number of carbonyl (C=O) groups excluding carboxylic acids is 2. The smallest absolute Gasteiger partial charge is 0.254 e. The molecule has 8 heteroatoms. The number of carbonyl (C=O) groups is 2. The highest BCUT2D eigenvalue weighted by atomic mass is 16.2. The third-order valence-electron chi connectivity index (χ3n) is 4.85. The molecule has 0 aromatic carbocycles. The van der Waals surface area contributed by atoms with Gasteiger partial charge in [0.05, 0.1) is 0 Å². The molecule has 124 valence electrons. The second-order valence-electron chi connectivity index (χ2n) is 6.35. The van der Waals surface area contributed by atoms with Gasteiger partial charge in [0.1, 0.15) is 18.5 Å². The van der Waals surface area contributed by atoms with Gasteiger partial charge in [-0.1, -0.05) is 0 Å². The summed E-state index contributed by atoms with van der Waals surface area (Å²) in [4.78, 5) is 33.0. The van der Waals surface area contributed by atoms with Crippen LogP contribution in [0.15, 0.2) is 31.0 Å². The number of aromatic nitrogens is 4. The van der Waals surface area contributed by atoms with E-state index in [0.717, 1.165) is 12.8 Å². The number of amides is 2. The summed E-state index contributed by atoms with van der Waals surface area (Å²) < 4.78 is 1.66. The molecule has 0 saturated carbocycles. The Hall–Kier alpha value is -2.77. The number of hydrogen-bond donors (Lipinski definition) is 0. The highest BCUT2D eigenvalue weighted by Gasteiger charge is 2.42. The summed E-state index contributed by atoms with van der Waals surface area (Å²) in [6.07, 6.45) is 6.93. The quantitative estimate of drug-likeness (QED) is 0.802. The lowest BCUT2D eigenvalue weighted by Gasteiger charge is -2.28. The molecule has 2 fully saturated rings. The number of fused-ring (bicyclic) bond motifs is 2. The summed E-state index contributed by atoms with van der Waals surface area (Å²) in [5.41, 5.74) is 0.572. The van der Waals surface area contributed by atoms with Crippen molar-refractivity contribution in [2.75, 3.05) is 13.6 Å². The zero-order valence-corrected chi connectivity index (χ0v) is 13.4. The summed E-state index contributed by atoms with van der Waals surface area (Å²) >= 11 is 0. The molecule has 2 amide bonds. The SMILES string of the molecule is CN1C[C@@H]2CC[C@H](CC1=O)N2C(=O)c1ccnc(-n2cnnc2)c1. The van der Waals surface area contributed by atoms with E-state index < -0.39 is 0 Å². The van der Waals surface area contributed by atoms with Crippen LogP contribution in [0.25, 0.3) is 5.82 Å². The maximum absolute atomic E-state index is 13.1. The van der Waals surface area contributed by atoms with Gasteiger partial charge >= 0.3 is 0 Å². The number of likely N-dealkylation sites (N-methyl/N-ethyl adjacent to an activating group) is 1. The second-order valence-corrected chi connectivity index (χ2v) is 6.35. The van der Waals surface area contributed by atoms with Crippen molar-refractivity contribution >= 4 is 11.8 Å². The molecule has 2 aromatic heterocycles. The summed E-state index contributed by atoms with van der Waals surface area (Å²) in [7, 11) is 1.81. The van der Waals surface area contributed by atoms with Crippen molar-refractivity contribution in [3.8, 4) is 5.82 Å². The van der Waals surface area contributed by atoms with Crippen LogP contribution in [-0.2, 0) is 4.79 Å². The van der Waals surface area contributed by atoms with Crippen LogP contribution < -0.4 is 0 Å². The van der Waals surface area contributed by atoms with Gasteiger partial charge in [0.2, 0.25) is 5.91 Å². The topological polar surface area (TPSA) is 84.2 Å². The van der Waals surface area contributed by atoms with E-state index in [1.54, 1.807) is 40.5 Å². The molecule has 2 saturated heterocycles. The van der Waals surface area contributed by atoms with E-state index in [1.807, 2.05) is 11.9 Å². The van der Waals surface area contributed by atoms with Crippen molar-refractivity contribution in [3.63, 3.8) is 0 Å². The van der Waals surface area contributed by atoms with Gasteiger partial charge in [-0.25, -0.2) is 4.98 Å². The largest absolute Gasteiger partial charge is 0.344 e. The standard InChI is InChI=1S/C16H18N6O2/c1-20-8-13-3-2-12(7-15(20)23)22(13)16(24)11-4-5-17-14(6-11)21-9-18-19-10-21/h4-6,9-10,12-13H,2-3,7-8H2,1H3/t12-,13+/m1/s1. The zero-order chi connectivity index (χ0) is 16.7. The van der Waals surface area contributed by atoms with Crippen LogP contribution in [0.5, 0.6) is 0 Å². The third kappa shape index (κ3) is 2.44. The zero-order valence-electron chi connectivity index (χ0n) is 13.4. The minimum Gasteiger partial charge on any atom is -0.344 e. The van der Waals surface area contributed by atoms with Crippen LogP contribution >= 0.6 is 0 Å². The molecule has 0 unspecified atom stereocenters. The van der Waals surface area contributed by atoms with Crippen LogP contribution in [0, 0.1) is 0 Å². The monoisotopic (exact) mass is 326 g/mol. The number of nitrogens with zero attached hydrogens (tertiary/aromatic N) is 6. The predicted octanol–water partition coefficient (Wildman–Crippen LogP) is 0.498. The van der Waals surface area contributed by atoms with Crippen molar-refractivity contribution in [2.24, 2.45) is 0 Å². The molecule has 0 radical (unpaired) electrons. The summed E-state index contributed by atoms with van der Waals surface area (Å²) in [5, 5.41) is 7.52. The highest BCUT2D eigenvalue weighted by molar-refractivity contribution is 5.95. The number of rotatable bonds is 2. The van der Waals surface area contributed by atoms with E-state index in [9.17, 15) is 9.59 Å². The van der Waals surface area contributed by atoms with E-state index in [1.165, 1.54) is 0 Å². The maximum atomic E-state index is 13.1. The second kappa shape index (κ2) is 5.70. The molecule has 0 spiro atoms. The van der Waals surface area contributed by atoms with Crippen molar-refractivity contribution < 1.29 is 9.59 Å².